The highest BCUT2D eigenvalue weighted by Crippen LogP contribution is 2.24. The van der Waals surface area contributed by atoms with E-state index in [1.165, 1.54) is 18.5 Å². The van der Waals surface area contributed by atoms with E-state index in [0.29, 0.717) is 13.0 Å². The van der Waals surface area contributed by atoms with Gasteiger partial charge in [-0.1, -0.05) is 6.92 Å². The van der Waals surface area contributed by atoms with Crippen molar-refractivity contribution < 1.29 is 4.79 Å². The van der Waals surface area contributed by atoms with Crippen LogP contribution in [0.5, 0.6) is 0 Å². The molecule has 1 amide bonds. The summed E-state index contributed by atoms with van der Waals surface area (Å²) in [6.45, 7) is 5.29. The number of hydrogen-bond acceptors (Lipinski definition) is 3. The molecule has 2 N–H and O–H groups in total. The SMILES string of the molecule is CNCCC(=O)Nc1ccc(N2CCC(C)CC2)cc1. The van der Waals surface area contributed by atoms with E-state index in [-0.39, 0.29) is 5.91 Å². The van der Waals surface area contributed by atoms with Gasteiger partial charge >= 0.3 is 0 Å². The number of nitrogens with zero attached hydrogens (tertiary/aromatic N) is 1. The number of hydrogen-bond donors (Lipinski definition) is 2. The van der Waals surface area contributed by atoms with E-state index in [1.54, 1.807) is 0 Å². The Hall–Kier alpha value is -1.55. The standard InChI is InChI=1S/C16H25N3O/c1-13-8-11-19(12-9-13)15-5-3-14(4-6-15)18-16(20)7-10-17-2/h3-6,13,17H,7-12H2,1-2H3,(H,18,20). The molecule has 1 fully saturated rings. The Balaban J connectivity index is 1.88. The number of amides is 1. The Labute approximate surface area is 121 Å². The number of nitrogens with one attached hydrogen (secondary N) is 2. The van der Waals surface area contributed by atoms with Crippen molar-refractivity contribution in [2.45, 2.75) is 26.2 Å². The third-order valence-electron chi connectivity index (χ3n) is 3.90. The summed E-state index contributed by atoms with van der Waals surface area (Å²) < 4.78 is 0. The number of piperidine rings is 1. The van der Waals surface area contributed by atoms with Crippen molar-refractivity contribution in [1.82, 2.24) is 5.32 Å². The maximum atomic E-state index is 11.6. The first-order valence-electron chi connectivity index (χ1n) is 7.48. The Morgan fingerprint density at radius 1 is 1.25 bits per heavy atom. The molecule has 1 aromatic rings. The first kappa shape index (κ1) is 14.9. The van der Waals surface area contributed by atoms with Crippen molar-refractivity contribution in [3.63, 3.8) is 0 Å². The van der Waals surface area contributed by atoms with Crippen molar-refractivity contribution in [3.8, 4) is 0 Å². The molecule has 1 heterocycles. The molecule has 110 valence electrons. The molecule has 0 saturated carbocycles. The average Bonchev–Trinajstić information content (AvgIpc) is 2.47. The second-order valence-electron chi connectivity index (χ2n) is 5.62. The Bertz CT molecular complexity index is 422. The monoisotopic (exact) mass is 275 g/mol. The summed E-state index contributed by atoms with van der Waals surface area (Å²) in [5.41, 5.74) is 2.13. The predicted molar refractivity (Wildman–Crippen MR) is 84.2 cm³/mol. The minimum Gasteiger partial charge on any atom is -0.372 e. The molecule has 4 nitrogen and oxygen atoms in total. The summed E-state index contributed by atoms with van der Waals surface area (Å²) in [6.07, 6.45) is 3.03. The normalized spacial score (nSPS) is 16.2. The van der Waals surface area contributed by atoms with Crippen molar-refractivity contribution in [1.29, 1.82) is 0 Å². The van der Waals surface area contributed by atoms with Gasteiger partial charge in [0.25, 0.3) is 0 Å². The van der Waals surface area contributed by atoms with E-state index in [9.17, 15) is 4.79 Å². The van der Waals surface area contributed by atoms with Crippen LogP contribution in [0.3, 0.4) is 0 Å². The minimum atomic E-state index is 0.0545. The highest BCUT2D eigenvalue weighted by molar-refractivity contribution is 5.91. The molecule has 1 aliphatic rings. The largest absolute Gasteiger partial charge is 0.372 e. The molecule has 20 heavy (non-hydrogen) atoms. The van der Waals surface area contributed by atoms with E-state index in [0.717, 1.165) is 24.7 Å². The summed E-state index contributed by atoms with van der Waals surface area (Å²) in [5.74, 6) is 0.899. The molecule has 4 heteroatoms. The Morgan fingerprint density at radius 2 is 1.90 bits per heavy atom. The van der Waals surface area contributed by atoms with Gasteiger partial charge < -0.3 is 15.5 Å². The highest BCUT2D eigenvalue weighted by Gasteiger charge is 2.15. The second kappa shape index (κ2) is 7.29. The molecule has 0 atom stereocenters. The van der Waals surface area contributed by atoms with Crippen LogP contribution in [0.2, 0.25) is 0 Å². The highest BCUT2D eigenvalue weighted by atomic mass is 16.1. The molecule has 0 aromatic heterocycles. The fourth-order valence-corrected chi connectivity index (χ4v) is 2.48. The minimum absolute atomic E-state index is 0.0545. The van der Waals surface area contributed by atoms with Gasteiger partial charge in [0.2, 0.25) is 5.91 Å². The lowest BCUT2D eigenvalue weighted by molar-refractivity contribution is -0.116. The van der Waals surface area contributed by atoms with Gasteiger partial charge in [0.05, 0.1) is 0 Å². The average molecular weight is 275 g/mol. The number of anilines is 2. The molecule has 1 saturated heterocycles. The molecule has 1 aliphatic heterocycles. The lowest BCUT2D eigenvalue weighted by Gasteiger charge is -2.32. The summed E-state index contributed by atoms with van der Waals surface area (Å²) in [6, 6.07) is 8.18. The maximum Gasteiger partial charge on any atom is 0.225 e. The smallest absolute Gasteiger partial charge is 0.225 e. The van der Waals surface area contributed by atoms with Crippen LogP contribution in [0.4, 0.5) is 11.4 Å². The molecule has 0 bridgehead atoms. The van der Waals surface area contributed by atoms with Crippen LogP contribution < -0.4 is 15.5 Å². The lowest BCUT2D eigenvalue weighted by Crippen LogP contribution is -2.32. The third kappa shape index (κ3) is 4.23. The molecule has 2 rings (SSSR count). The van der Waals surface area contributed by atoms with Crippen LogP contribution in [-0.2, 0) is 4.79 Å². The van der Waals surface area contributed by atoms with E-state index < -0.39 is 0 Å². The fraction of sp³-hybridized carbons (Fsp3) is 0.562. The van der Waals surface area contributed by atoms with Crippen LogP contribution in [0.25, 0.3) is 0 Å². The molecule has 1 aromatic carbocycles. The zero-order valence-corrected chi connectivity index (χ0v) is 12.5. The first-order valence-corrected chi connectivity index (χ1v) is 7.48. The summed E-state index contributed by atoms with van der Waals surface area (Å²) in [7, 11) is 1.85. The van der Waals surface area contributed by atoms with Gasteiger partial charge in [-0.3, -0.25) is 4.79 Å². The van der Waals surface area contributed by atoms with Gasteiger partial charge in [0, 0.05) is 37.4 Å². The molecule has 0 radical (unpaired) electrons. The molecule has 0 spiro atoms. The predicted octanol–water partition coefficient (Wildman–Crippen LogP) is 2.47. The Kier molecular flexibility index (Phi) is 5.41. The first-order chi connectivity index (χ1) is 9.69. The third-order valence-corrected chi connectivity index (χ3v) is 3.90. The number of benzene rings is 1. The molecule has 0 aliphatic carbocycles. The van der Waals surface area contributed by atoms with Crippen LogP contribution >= 0.6 is 0 Å². The van der Waals surface area contributed by atoms with Crippen molar-refractivity contribution >= 4 is 17.3 Å². The van der Waals surface area contributed by atoms with Crippen LogP contribution in [0.1, 0.15) is 26.2 Å². The second-order valence-corrected chi connectivity index (χ2v) is 5.62. The molecule has 0 unspecified atom stereocenters. The van der Waals surface area contributed by atoms with Crippen molar-refractivity contribution in [2.75, 3.05) is 36.9 Å². The van der Waals surface area contributed by atoms with Crippen LogP contribution in [0, 0.1) is 5.92 Å². The maximum absolute atomic E-state index is 11.6. The zero-order chi connectivity index (χ0) is 14.4. The van der Waals surface area contributed by atoms with Gasteiger partial charge in [-0.25, -0.2) is 0 Å². The number of carbonyl (C=O) groups is 1. The summed E-state index contributed by atoms with van der Waals surface area (Å²) in [5, 5.41) is 5.89. The fourth-order valence-electron chi connectivity index (χ4n) is 2.48. The number of carbonyl (C=O) groups excluding carboxylic acids is 1. The van der Waals surface area contributed by atoms with Gasteiger partial charge in [0.15, 0.2) is 0 Å². The topological polar surface area (TPSA) is 44.4 Å². The Morgan fingerprint density at radius 3 is 2.50 bits per heavy atom. The van der Waals surface area contributed by atoms with E-state index in [4.69, 9.17) is 0 Å². The number of rotatable bonds is 5. The molecular formula is C16H25N3O. The van der Waals surface area contributed by atoms with Gasteiger partial charge in [0.1, 0.15) is 0 Å². The lowest BCUT2D eigenvalue weighted by atomic mass is 9.99. The zero-order valence-electron chi connectivity index (χ0n) is 12.5. The van der Waals surface area contributed by atoms with Crippen LogP contribution in [0.15, 0.2) is 24.3 Å². The van der Waals surface area contributed by atoms with Gasteiger partial charge in [-0.2, -0.15) is 0 Å². The van der Waals surface area contributed by atoms with Crippen molar-refractivity contribution in [2.24, 2.45) is 5.92 Å². The van der Waals surface area contributed by atoms with Gasteiger partial charge in [-0.15, -0.1) is 0 Å². The van der Waals surface area contributed by atoms with E-state index >= 15 is 0 Å². The summed E-state index contributed by atoms with van der Waals surface area (Å²) >= 11 is 0. The van der Waals surface area contributed by atoms with E-state index in [2.05, 4.69) is 34.6 Å². The van der Waals surface area contributed by atoms with Crippen LogP contribution in [-0.4, -0.2) is 32.6 Å². The molecular weight excluding hydrogens is 250 g/mol. The summed E-state index contributed by atoms with van der Waals surface area (Å²) in [4.78, 5) is 14.1. The van der Waals surface area contributed by atoms with Gasteiger partial charge in [-0.05, 0) is 50.1 Å². The van der Waals surface area contributed by atoms with Crippen molar-refractivity contribution in [3.05, 3.63) is 24.3 Å². The quantitative estimate of drug-likeness (QED) is 0.867. The van der Waals surface area contributed by atoms with E-state index in [1.807, 2.05) is 19.2 Å².